The molecule has 0 aliphatic carbocycles. The molecule has 5 heteroatoms. The molecule has 0 saturated heterocycles. The highest BCUT2D eigenvalue weighted by atomic mass is 16.2. The summed E-state index contributed by atoms with van der Waals surface area (Å²) < 4.78 is 0. The first kappa shape index (κ1) is 11.4. The van der Waals surface area contributed by atoms with Crippen LogP contribution in [0.3, 0.4) is 0 Å². The summed E-state index contributed by atoms with van der Waals surface area (Å²) in [4.78, 5) is 37.1. The largest absolute Gasteiger partial charge is 0.310 e. The Bertz CT molecular complexity index is 483. The molecule has 1 aliphatic heterocycles. The number of hydrogen-bond acceptors (Lipinski definition) is 4. The van der Waals surface area contributed by atoms with E-state index in [0.717, 1.165) is 5.56 Å². The molecule has 1 amide bonds. The Balaban J connectivity index is 2.20. The number of ketones is 1. The summed E-state index contributed by atoms with van der Waals surface area (Å²) in [5.74, 6) is 0.209. The third kappa shape index (κ3) is 2.55. The Labute approximate surface area is 98.2 Å². The molecule has 1 aliphatic rings. The van der Waals surface area contributed by atoms with Gasteiger partial charge in [0.1, 0.15) is 17.8 Å². The maximum absolute atomic E-state index is 11.6. The van der Waals surface area contributed by atoms with E-state index in [1.165, 1.54) is 0 Å². The summed E-state index contributed by atoms with van der Waals surface area (Å²) in [6.45, 7) is 0. The van der Waals surface area contributed by atoms with E-state index in [9.17, 15) is 14.4 Å². The first-order valence-electron chi connectivity index (χ1n) is 5.47. The van der Waals surface area contributed by atoms with Crippen molar-refractivity contribution in [2.75, 3.05) is 5.32 Å². The van der Waals surface area contributed by atoms with Crippen LogP contribution < -0.4 is 5.32 Å². The fourth-order valence-electron chi connectivity index (χ4n) is 1.71. The summed E-state index contributed by atoms with van der Waals surface area (Å²) in [6.07, 6.45) is 2.16. The maximum atomic E-state index is 11.6. The minimum Gasteiger partial charge on any atom is -0.310 e. The molecular formula is C12H12N2O3. The number of nitrogens with one attached hydrogen (secondary N) is 1. The van der Waals surface area contributed by atoms with E-state index >= 15 is 0 Å². The summed E-state index contributed by atoms with van der Waals surface area (Å²) in [7, 11) is 0. The quantitative estimate of drug-likeness (QED) is 0.623. The van der Waals surface area contributed by atoms with Gasteiger partial charge in [-0.2, -0.15) is 0 Å². The van der Waals surface area contributed by atoms with Gasteiger partial charge in [0.15, 0.2) is 5.78 Å². The number of amides is 1. The zero-order valence-corrected chi connectivity index (χ0v) is 9.23. The van der Waals surface area contributed by atoms with Crippen LogP contribution in [0.1, 0.15) is 35.3 Å². The molecule has 0 atom stereocenters. The standard InChI is InChI=1S/C12H12N2O3/c15-7-1-2-10(16)9-5-3-8-4-6-11(17)14-12(8)13-9/h3,5,7H,1-2,4,6H2,(H,13,14,17). The monoisotopic (exact) mass is 232 g/mol. The smallest absolute Gasteiger partial charge is 0.225 e. The van der Waals surface area contributed by atoms with E-state index < -0.39 is 0 Å². The van der Waals surface area contributed by atoms with Crippen LogP contribution in [0.25, 0.3) is 0 Å². The lowest BCUT2D eigenvalue weighted by atomic mass is 10.0. The number of anilines is 1. The van der Waals surface area contributed by atoms with E-state index in [4.69, 9.17) is 0 Å². The Kier molecular flexibility index (Phi) is 3.27. The van der Waals surface area contributed by atoms with Gasteiger partial charge in [-0.05, 0) is 18.1 Å². The third-order valence-corrected chi connectivity index (χ3v) is 2.63. The van der Waals surface area contributed by atoms with Gasteiger partial charge in [-0.1, -0.05) is 6.07 Å². The van der Waals surface area contributed by atoms with Crippen molar-refractivity contribution in [3.8, 4) is 0 Å². The van der Waals surface area contributed by atoms with Crippen LogP contribution in [0.5, 0.6) is 0 Å². The van der Waals surface area contributed by atoms with Gasteiger partial charge >= 0.3 is 0 Å². The maximum Gasteiger partial charge on any atom is 0.225 e. The number of pyridine rings is 1. The number of nitrogens with zero attached hydrogens (tertiary/aromatic N) is 1. The number of hydrogen-bond donors (Lipinski definition) is 1. The van der Waals surface area contributed by atoms with Crippen LogP contribution in [-0.4, -0.2) is 23.0 Å². The van der Waals surface area contributed by atoms with Gasteiger partial charge in [-0.25, -0.2) is 4.98 Å². The van der Waals surface area contributed by atoms with Crippen molar-refractivity contribution in [1.82, 2.24) is 4.98 Å². The molecule has 1 N–H and O–H groups in total. The highest BCUT2D eigenvalue weighted by Crippen LogP contribution is 2.20. The molecule has 1 aromatic rings. The van der Waals surface area contributed by atoms with E-state index in [-0.39, 0.29) is 24.5 Å². The van der Waals surface area contributed by atoms with E-state index in [0.29, 0.717) is 30.6 Å². The van der Waals surface area contributed by atoms with Crippen LogP contribution in [0.15, 0.2) is 12.1 Å². The number of carbonyl (C=O) groups excluding carboxylic acids is 3. The lowest BCUT2D eigenvalue weighted by Crippen LogP contribution is -2.21. The molecular weight excluding hydrogens is 220 g/mol. The highest BCUT2D eigenvalue weighted by Gasteiger charge is 2.17. The normalized spacial score (nSPS) is 13.8. The Morgan fingerprint density at radius 2 is 2.24 bits per heavy atom. The number of aromatic nitrogens is 1. The minimum atomic E-state index is -0.181. The van der Waals surface area contributed by atoms with E-state index in [2.05, 4.69) is 10.3 Å². The second kappa shape index (κ2) is 4.86. The lowest BCUT2D eigenvalue weighted by Gasteiger charge is -2.15. The molecule has 0 radical (unpaired) electrons. The topological polar surface area (TPSA) is 76.1 Å². The van der Waals surface area contributed by atoms with Gasteiger partial charge in [0.05, 0.1) is 0 Å². The van der Waals surface area contributed by atoms with E-state index in [1.807, 2.05) is 0 Å². The SMILES string of the molecule is O=CCCC(=O)c1ccc2c(n1)NC(=O)CC2. The average Bonchev–Trinajstić information content (AvgIpc) is 2.35. The molecule has 2 heterocycles. The first-order chi connectivity index (χ1) is 8.20. The summed E-state index contributed by atoms with van der Waals surface area (Å²) in [5.41, 5.74) is 1.24. The number of rotatable bonds is 4. The van der Waals surface area contributed by atoms with Crippen molar-refractivity contribution >= 4 is 23.8 Å². The van der Waals surface area contributed by atoms with Crippen LogP contribution in [0.2, 0.25) is 0 Å². The number of aryl methyl sites for hydroxylation is 1. The lowest BCUT2D eigenvalue weighted by molar-refractivity contribution is -0.116. The fraction of sp³-hybridized carbons (Fsp3) is 0.333. The van der Waals surface area contributed by atoms with Gasteiger partial charge in [0.25, 0.3) is 0 Å². The predicted molar refractivity (Wildman–Crippen MR) is 60.8 cm³/mol. The molecule has 88 valence electrons. The summed E-state index contributed by atoms with van der Waals surface area (Å²) >= 11 is 0. The molecule has 17 heavy (non-hydrogen) atoms. The van der Waals surface area contributed by atoms with Crippen LogP contribution in [0.4, 0.5) is 5.82 Å². The molecule has 0 unspecified atom stereocenters. The fourth-order valence-corrected chi connectivity index (χ4v) is 1.71. The Hall–Kier alpha value is -2.04. The van der Waals surface area contributed by atoms with Crippen LogP contribution >= 0.6 is 0 Å². The van der Waals surface area contributed by atoms with Gasteiger partial charge in [-0.3, -0.25) is 9.59 Å². The molecule has 0 saturated carbocycles. The molecule has 5 nitrogen and oxygen atoms in total. The molecule has 0 bridgehead atoms. The Morgan fingerprint density at radius 3 is 3.00 bits per heavy atom. The third-order valence-electron chi connectivity index (χ3n) is 2.63. The highest BCUT2D eigenvalue weighted by molar-refractivity contribution is 5.97. The van der Waals surface area contributed by atoms with E-state index in [1.54, 1.807) is 12.1 Å². The average molecular weight is 232 g/mol. The van der Waals surface area contributed by atoms with Crippen molar-refractivity contribution < 1.29 is 14.4 Å². The van der Waals surface area contributed by atoms with Crippen LogP contribution in [-0.2, 0) is 16.0 Å². The molecule has 1 aromatic heterocycles. The number of Topliss-reactive ketones (excluding diaryl/α,β-unsaturated/α-hetero) is 1. The van der Waals surface area contributed by atoms with Gasteiger partial charge in [0.2, 0.25) is 5.91 Å². The molecule has 0 fully saturated rings. The van der Waals surface area contributed by atoms with Crippen molar-refractivity contribution in [3.63, 3.8) is 0 Å². The minimum absolute atomic E-state index is 0.0810. The van der Waals surface area contributed by atoms with Gasteiger partial charge in [-0.15, -0.1) is 0 Å². The predicted octanol–water partition coefficient (Wildman–Crippen LogP) is 1.13. The number of fused-ring (bicyclic) bond motifs is 1. The second-order valence-corrected chi connectivity index (χ2v) is 3.88. The van der Waals surface area contributed by atoms with Crippen molar-refractivity contribution in [3.05, 3.63) is 23.4 Å². The molecule has 2 rings (SSSR count). The number of aldehydes is 1. The molecule has 0 spiro atoms. The number of carbonyl (C=O) groups is 3. The van der Waals surface area contributed by atoms with Crippen LogP contribution in [0, 0.1) is 0 Å². The summed E-state index contributed by atoms with van der Waals surface area (Å²) in [6, 6.07) is 3.44. The Morgan fingerprint density at radius 1 is 1.41 bits per heavy atom. The first-order valence-corrected chi connectivity index (χ1v) is 5.47. The van der Waals surface area contributed by atoms with Crippen molar-refractivity contribution in [1.29, 1.82) is 0 Å². The van der Waals surface area contributed by atoms with Gasteiger partial charge in [0, 0.05) is 19.3 Å². The second-order valence-electron chi connectivity index (χ2n) is 3.88. The molecule has 0 aromatic carbocycles. The van der Waals surface area contributed by atoms with Gasteiger partial charge < -0.3 is 10.1 Å². The van der Waals surface area contributed by atoms with Crippen molar-refractivity contribution in [2.45, 2.75) is 25.7 Å². The zero-order chi connectivity index (χ0) is 12.3. The zero-order valence-electron chi connectivity index (χ0n) is 9.23. The summed E-state index contributed by atoms with van der Waals surface area (Å²) in [5, 5.41) is 2.64. The van der Waals surface area contributed by atoms with Crippen molar-refractivity contribution in [2.24, 2.45) is 0 Å².